The van der Waals surface area contributed by atoms with Crippen molar-refractivity contribution in [2.45, 2.75) is 19.9 Å². The lowest BCUT2D eigenvalue weighted by Crippen LogP contribution is -2.32. The van der Waals surface area contributed by atoms with Gasteiger partial charge >= 0.3 is 11.9 Å². The molecule has 0 aliphatic carbocycles. The minimum atomic E-state index is -1.82. The van der Waals surface area contributed by atoms with Crippen molar-refractivity contribution >= 4 is 55.1 Å². The van der Waals surface area contributed by atoms with E-state index in [1.165, 1.54) is 23.0 Å². The average molecular weight is 362 g/mol. The Morgan fingerprint density at radius 3 is 1.45 bits per heavy atom. The second-order valence-electron chi connectivity index (χ2n) is 3.61. The topological polar surface area (TPSA) is 77.8 Å². The molecule has 120 valence electrons. The fraction of sp³-hybridized carbons (Fsp3) is 0.818. The van der Waals surface area contributed by atoms with Crippen LogP contribution in [0.5, 0.6) is 0 Å². The molecule has 0 spiro atoms. The third-order valence-corrected chi connectivity index (χ3v) is 6.91. The van der Waals surface area contributed by atoms with E-state index in [2.05, 4.69) is 32.8 Å². The number of hydrogen-bond donors (Lipinski definition) is 2. The van der Waals surface area contributed by atoms with Crippen LogP contribution in [0.2, 0.25) is 0 Å². The molecular formula is C11H23NO4S4. The maximum atomic E-state index is 9.10. The van der Waals surface area contributed by atoms with Gasteiger partial charge in [-0.3, -0.25) is 0 Å². The number of nitrogens with zero attached hydrogens (tertiary/aromatic N) is 1. The fourth-order valence-electron chi connectivity index (χ4n) is 0.766. The molecule has 9 heteroatoms. The molecule has 0 fully saturated rings. The van der Waals surface area contributed by atoms with Crippen LogP contribution in [0.15, 0.2) is 0 Å². The van der Waals surface area contributed by atoms with E-state index in [0.29, 0.717) is 6.04 Å². The van der Waals surface area contributed by atoms with Gasteiger partial charge in [-0.15, -0.1) is 0 Å². The molecule has 0 aromatic carbocycles. The summed E-state index contributed by atoms with van der Waals surface area (Å²) in [5, 5.41) is 14.8. The largest absolute Gasteiger partial charge is 0.473 e. The normalized spacial score (nSPS) is 10.3. The number of carboxylic acids is 2. The van der Waals surface area contributed by atoms with Gasteiger partial charge < -0.3 is 15.1 Å². The molecular weight excluding hydrogens is 338 g/mol. The van der Waals surface area contributed by atoms with E-state index in [1.54, 1.807) is 0 Å². The summed E-state index contributed by atoms with van der Waals surface area (Å²) >= 11 is 0. The molecule has 0 bridgehead atoms. The third-order valence-electron chi connectivity index (χ3n) is 1.84. The number of carboxylic acid groups (broad SMARTS) is 2. The second kappa shape index (κ2) is 15.7. The Labute approximate surface area is 136 Å². The molecule has 0 saturated heterocycles. The van der Waals surface area contributed by atoms with Crippen molar-refractivity contribution in [2.24, 2.45) is 0 Å². The van der Waals surface area contributed by atoms with E-state index in [0.717, 1.165) is 0 Å². The zero-order valence-electron chi connectivity index (χ0n) is 12.2. The van der Waals surface area contributed by atoms with E-state index in [9.17, 15) is 0 Å². The fourth-order valence-corrected chi connectivity index (χ4v) is 5.11. The maximum Gasteiger partial charge on any atom is 0.414 e. The number of carbonyl (C=O) groups is 2. The monoisotopic (exact) mass is 361 g/mol. The lowest BCUT2D eigenvalue weighted by Gasteiger charge is -2.22. The van der Waals surface area contributed by atoms with Crippen molar-refractivity contribution in [3.8, 4) is 0 Å². The van der Waals surface area contributed by atoms with Crippen LogP contribution in [0.1, 0.15) is 13.8 Å². The first-order valence-corrected chi connectivity index (χ1v) is 11.0. The molecule has 2 N–H and O–H groups in total. The summed E-state index contributed by atoms with van der Waals surface area (Å²) in [6, 6.07) is 0.711. The molecule has 0 rings (SSSR count). The predicted molar refractivity (Wildman–Crippen MR) is 93.9 cm³/mol. The quantitative estimate of drug-likeness (QED) is 0.366. The van der Waals surface area contributed by atoms with Gasteiger partial charge in [-0.1, -0.05) is 57.0 Å². The van der Waals surface area contributed by atoms with Crippen LogP contribution in [0, 0.1) is 0 Å². The van der Waals surface area contributed by atoms with Gasteiger partial charge in [0, 0.05) is 29.1 Å². The van der Waals surface area contributed by atoms with Gasteiger partial charge in [0.15, 0.2) is 0 Å². The Kier molecular flexibility index (Phi) is 17.7. The van der Waals surface area contributed by atoms with E-state index >= 15 is 0 Å². The lowest BCUT2D eigenvalue weighted by molar-refractivity contribution is -0.159. The highest BCUT2D eigenvalue weighted by molar-refractivity contribution is 8.77. The Hall–Kier alpha value is 0.300. The maximum absolute atomic E-state index is 9.10. The summed E-state index contributed by atoms with van der Waals surface area (Å²) < 4.78 is 0. The van der Waals surface area contributed by atoms with Gasteiger partial charge in [0.25, 0.3) is 0 Å². The lowest BCUT2D eigenvalue weighted by atomic mass is 10.4. The van der Waals surface area contributed by atoms with Crippen molar-refractivity contribution in [1.29, 1.82) is 0 Å². The average Bonchev–Trinajstić information content (AvgIpc) is 2.37. The van der Waals surface area contributed by atoms with Gasteiger partial charge in [0.2, 0.25) is 0 Å². The minimum absolute atomic E-state index is 0.711. The van der Waals surface area contributed by atoms with Crippen LogP contribution >= 0.6 is 43.2 Å². The van der Waals surface area contributed by atoms with Gasteiger partial charge in [-0.05, 0) is 14.1 Å². The molecule has 0 heterocycles. The molecule has 0 unspecified atom stereocenters. The van der Waals surface area contributed by atoms with E-state index in [4.69, 9.17) is 19.8 Å². The standard InChI is InChI=1S/C9H21NS4.C2H2O4/c1-5-11-13-7-9(10(3)4)8-14-12-6-2;3-1(4)2(5)6/h9H,5-8H2,1-4H3;(H,3,4)(H,5,6). The molecule has 0 aliphatic rings. The first-order chi connectivity index (χ1) is 9.36. The van der Waals surface area contributed by atoms with E-state index in [-0.39, 0.29) is 0 Å². The molecule has 0 aliphatic heterocycles. The van der Waals surface area contributed by atoms with E-state index in [1.807, 2.05) is 43.2 Å². The Balaban J connectivity index is 0. The summed E-state index contributed by atoms with van der Waals surface area (Å²) in [7, 11) is 12.3. The molecule has 0 aromatic heterocycles. The Morgan fingerprint density at radius 1 is 0.900 bits per heavy atom. The summed E-state index contributed by atoms with van der Waals surface area (Å²) in [6.45, 7) is 4.42. The third kappa shape index (κ3) is 16.4. The van der Waals surface area contributed by atoms with Gasteiger partial charge in [-0.2, -0.15) is 0 Å². The molecule has 20 heavy (non-hydrogen) atoms. The van der Waals surface area contributed by atoms with Crippen molar-refractivity contribution < 1.29 is 19.8 Å². The van der Waals surface area contributed by atoms with E-state index < -0.39 is 11.9 Å². The van der Waals surface area contributed by atoms with Crippen molar-refractivity contribution in [3.63, 3.8) is 0 Å². The number of hydrogen-bond acceptors (Lipinski definition) is 7. The molecule has 0 saturated carbocycles. The van der Waals surface area contributed by atoms with Gasteiger partial charge in [0.1, 0.15) is 0 Å². The Morgan fingerprint density at radius 2 is 1.25 bits per heavy atom. The van der Waals surface area contributed by atoms with Gasteiger partial charge in [0.05, 0.1) is 0 Å². The van der Waals surface area contributed by atoms with Gasteiger partial charge in [-0.25, -0.2) is 9.59 Å². The van der Waals surface area contributed by atoms with Crippen LogP contribution < -0.4 is 0 Å². The molecule has 0 atom stereocenters. The van der Waals surface area contributed by atoms with Crippen LogP contribution in [-0.4, -0.2) is 70.2 Å². The number of aliphatic carboxylic acids is 2. The zero-order valence-corrected chi connectivity index (χ0v) is 15.5. The summed E-state index contributed by atoms with van der Waals surface area (Å²) in [5.41, 5.74) is 0. The Bertz CT molecular complexity index is 245. The van der Waals surface area contributed by atoms with Crippen LogP contribution in [0.25, 0.3) is 0 Å². The summed E-state index contributed by atoms with van der Waals surface area (Å²) in [4.78, 5) is 20.5. The number of rotatable bonds is 9. The smallest absolute Gasteiger partial charge is 0.414 e. The predicted octanol–water partition coefficient (Wildman–Crippen LogP) is 2.87. The zero-order chi connectivity index (χ0) is 16.0. The molecule has 0 amide bonds. The summed E-state index contributed by atoms with van der Waals surface area (Å²) in [5.74, 6) is 1.25. The summed E-state index contributed by atoms with van der Waals surface area (Å²) in [6.07, 6.45) is 0. The van der Waals surface area contributed by atoms with Crippen LogP contribution in [0.4, 0.5) is 0 Å². The first kappa shape index (κ1) is 22.6. The second-order valence-corrected chi connectivity index (χ2v) is 9.20. The minimum Gasteiger partial charge on any atom is -0.473 e. The molecule has 0 aromatic rings. The van der Waals surface area contributed by atoms with Crippen LogP contribution in [-0.2, 0) is 9.59 Å². The molecule has 5 nitrogen and oxygen atoms in total. The van der Waals surface area contributed by atoms with Crippen LogP contribution in [0.3, 0.4) is 0 Å². The highest BCUT2D eigenvalue weighted by atomic mass is 33.1. The van der Waals surface area contributed by atoms with Crippen molar-refractivity contribution in [3.05, 3.63) is 0 Å². The molecule has 0 radical (unpaired) electrons. The van der Waals surface area contributed by atoms with Crippen molar-refractivity contribution in [1.82, 2.24) is 4.90 Å². The first-order valence-electron chi connectivity index (χ1n) is 5.98. The highest BCUT2D eigenvalue weighted by Gasteiger charge is 2.11. The highest BCUT2D eigenvalue weighted by Crippen LogP contribution is 2.27. The SMILES string of the molecule is CCSSCC(CSSCC)N(C)C.O=C(O)C(=O)O. The van der Waals surface area contributed by atoms with Crippen molar-refractivity contribution in [2.75, 3.05) is 37.1 Å².